The first-order valence-electron chi connectivity index (χ1n) is 16.1. The average molecular weight is 683 g/mol. The van der Waals surface area contributed by atoms with Gasteiger partial charge in [-0.1, -0.05) is 61.5 Å². The normalized spacial score (nSPS) is 11.8. The predicted molar refractivity (Wildman–Crippen MR) is 183 cm³/mol. The highest BCUT2D eigenvalue weighted by Crippen LogP contribution is 2.56. The van der Waals surface area contributed by atoms with Crippen molar-refractivity contribution in [3.63, 3.8) is 0 Å². The third-order valence-corrected chi connectivity index (χ3v) is 8.75. The van der Waals surface area contributed by atoms with Gasteiger partial charge in [0.05, 0.1) is 17.0 Å². The third kappa shape index (κ3) is 7.67. The number of carbonyl (C=O) groups excluding carboxylic acids is 4. The second-order valence-corrected chi connectivity index (χ2v) is 14.9. The van der Waals surface area contributed by atoms with Crippen molar-refractivity contribution in [2.75, 3.05) is 0 Å². The maximum Gasteiger partial charge on any atom is 0.170 e. The van der Waals surface area contributed by atoms with Crippen LogP contribution in [0, 0.1) is 23.7 Å². The number of Topliss-reactive ketones (excluding diaryl/α,β-unsaturated/α-hetero) is 4. The molecular weight excluding hydrogens is 636 g/mol. The van der Waals surface area contributed by atoms with Crippen LogP contribution in [0.1, 0.15) is 144 Å². The van der Waals surface area contributed by atoms with Crippen LogP contribution in [0.25, 0.3) is 0 Å². The highest BCUT2D eigenvalue weighted by molar-refractivity contribution is 7.10. The Kier molecular flexibility index (Phi) is 12.1. The quantitative estimate of drug-likeness (QED) is 0.0855. The monoisotopic (exact) mass is 682 g/mol. The van der Waals surface area contributed by atoms with E-state index < -0.39 is 96.9 Å². The third-order valence-electron chi connectivity index (χ3n) is 7.81. The molecule has 48 heavy (non-hydrogen) atoms. The standard InChI is InChI=1S/C37H46O10S/c1-16(2)12-20(38)25-32(42)26(21(39)13-17(3)4)35(45)30(34(25)44)29(24-10-9-11-48-24)31-36(46)27(22(40)14-18(5)6)33(43)28(37(31)47)23(41)15-19(7)8/h9-11,16-19,29,42-47H,12-15H2,1-8H3. The molecule has 0 aliphatic rings. The number of hydrogen-bond acceptors (Lipinski definition) is 11. The fourth-order valence-corrected chi connectivity index (χ4v) is 6.68. The van der Waals surface area contributed by atoms with Gasteiger partial charge in [-0.2, -0.15) is 0 Å². The van der Waals surface area contributed by atoms with E-state index in [0.717, 1.165) is 11.3 Å². The summed E-state index contributed by atoms with van der Waals surface area (Å²) in [6.07, 6.45) is -0.594. The molecule has 0 fully saturated rings. The summed E-state index contributed by atoms with van der Waals surface area (Å²) in [5.74, 6) is -10.9. The maximum absolute atomic E-state index is 13.5. The molecule has 0 bridgehead atoms. The Hall–Kier alpha value is -4.38. The molecule has 1 aromatic heterocycles. The van der Waals surface area contributed by atoms with E-state index in [2.05, 4.69) is 0 Å². The zero-order valence-corrected chi connectivity index (χ0v) is 29.5. The van der Waals surface area contributed by atoms with E-state index in [0.29, 0.717) is 0 Å². The van der Waals surface area contributed by atoms with Crippen LogP contribution in [0.15, 0.2) is 17.5 Å². The zero-order valence-electron chi connectivity index (χ0n) is 28.7. The molecule has 0 aliphatic carbocycles. The van der Waals surface area contributed by atoms with Gasteiger partial charge < -0.3 is 30.6 Å². The van der Waals surface area contributed by atoms with Crippen molar-refractivity contribution in [1.29, 1.82) is 0 Å². The van der Waals surface area contributed by atoms with Gasteiger partial charge in [-0.15, -0.1) is 11.3 Å². The number of benzene rings is 2. The SMILES string of the molecule is CC(C)CC(=O)c1c(O)c(C(=O)CC(C)C)c(O)c(C(c2cccs2)c2c(O)c(C(=O)CC(C)C)c(O)c(C(=O)CC(C)C)c2O)c1O. The molecule has 0 spiro atoms. The van der Waals surface area contributed by atoms with Gasteiger partial charge in [0.25, 0.3) is 0 Å². The first kappa shape index (κ1) is 38.1. The van der Waals surface area contributed by atoms with Crippen LogP contribution >= 0.6 is 11.3 Å². The lowest BCUT2D eigenvalue weighted by molar-refractivity contribution is 0.0941. The van der Waals surface area contributed by atoms with Crippen molar-refractivity contribution in [3.05, 3.63) is 55.8 Å². The molecule has 6 N–H and O–H groups in total. The first-order valence-corrected chi connectivity index (χ1v) is 17.0. The number of rotatable bonds is 15. The summed E-state index contributed by atoms with van der Waals surface area (Å²) in [7, 11) is 0. The molecule has 0 saturated heterocycles. The Bertz CT molecular complexity index is 1510. The van der Waals surface area contributed by atoms with Crippen molar-refractivity contribution in [2.45, 2.75) is 87.0 Å². The Morgan fingerprint density at radius 1 is 0.500 bits per heavy atom. The molecule has 0 atom stereocenters. The van der Waals surface area contributed by atoms with Gasteiger partial charge >= 0.3 is 0 Å². The van der Waals surface area contributed by atoms with Crippen molar-refractivity contribution in [2.24, 2.45) is 23.7 Å². The molecule has 10 nitrogen and oxygen atoms in total. The Morgan fingerprint density at radius 3 is 0.979 bits per heavy atom. The van der Waals surface area contributed by atoms with Gasteiger partial charge in [0.15, 0.2) is 23.1 Å². The number of ketones is 4. The molecule has 3 rings (SSSR count). The highest BCUT2D eigenvalue weighted by Gasteiger charge is 2.40. The van der Waals surface area contributed by atoms with Crippen molar-refractivity contribution in [1.82, 2.24) is 0 Å². The Morgan fingerprint density at radius 2 is 0.771 bits per heavy atom. The van der Waals surface area contributed by atoms with Gasteiger partial charge in [0.1, 0.15) is 56.8 Å². The minimum atomic E-state index is -1.60. The van der Waals surface area contributed by atoms with E-state index in [-0.39, 0.29) is 54.2 Å². The van der Waals surface area contributed by atoms with Gasteiger partial charge in [0, 0.05) is 30.6 Å². The van der Waals surface area contributed by atoms with Gasteiger partial charge in [-0.3, -0.25) is 19.2 Å². The number of carbonyl (C=O) groups is 4. The minimum Gasteiger partial charge on any atom is -0.507 e. The van der Waals surface area contributed by atoms with E-state index in [1.807, 2.05) is 0 Å². The van der Waals surface area contributed by atoms with Gasteiger partial charge in [0.2, 0.25) is 0 Å². The Labute approximate surface area is 284 Å². The van der Waals surface area contributed by atoms with Crippen LogP contribution < -0.4 is 0 Å². The summed E-state index contributed by atoms with van der Waals surface area (Å²) in [4.78, 5) is 54.4. The van der Waals surface area contributed by atoms with E-state index >= 15 is 0 Å². The molecule has 260 valence electrons. The van der Waals surface area contributed by atoms with E-state index in [4.69, 9.17) is 0 Å². The topological polar surface area (TPSA) is 190 Å². The van der Waals surface area contributed by atoms with Crippen LogP contribution in [-0.2, 0) is 0 Å². The molecule has 0 saturated carbocycles. The summed E-state index contributed by atoms with van der Waals surface area (Å²) in [6.45, 7) is 13.9. The number of phenols is 6. The maximum atomic E-state index is 13.5. The lowest BCUT2D eigenvalue weighted by Gasteiger charge is -2.27. The van der Waals surface area contributed by atoms with Gasteiger partial charge in [-0.05, 0) is 35.1 Å². The lowest BCUT2D eigenvalue weighted by Crippen LogP contribution is -2.16. The van der Waals surface area contributed by atoms with Crippen LogP contribution in [0.3, 0.4) is 0 Å². The summed E-state index contributed by atoms with van der Waals surface area (Å²) in [5.41, 5.74) is -3.55. The van der Waals surface area contributed by atoms with Crippen LogP contribution in [-0.4, -0.2) is 53.8 Å². The van der Waals surface area contributed by atoms with E-state index in [1.54, 1.807) is 66.8 Å². The Balaban J connectivity index is 2.64. The smallest absolute Gasteiger partial charge is 0.170 e. The molecule has 3 aromatic rings. The van der Waals surface area contributed by atoms with E-state index in [9.17, 15) is 49.8 Å². The molecule has 11 heteroatoms. The molecule has 2 aromatic carbocycles. The second-order valence-electron chi connectivity index (χ2n) is 14.0. The first-order chi connectivity index (χ1) is 22.3. The summed E-state index contributed by atoms with van der Waals surface area (Å²) < 4.78 is 0. The fraction of sp³-hybridized carbons (Fsp3) is 0.459. The van der Waals surface area contributed by atoms with Crippen LogP contribution in [0.4, 0.5) is 0 Å². The zero-order chi connectivity index (χ0) is 36.4. The van der Waals surface area contributed by atoms with E-state index in [1.165, 1.54) is 6.07 Å². The minimum absolute atomic E-state index is 0.149. The summed E-state index contributed by atoms with van der Waals surface area (Å²) in [5, 5.41) is 71.4. The summed E-state index contributed by atoms with van der Waals surface area (Å²) in [6, 6.07) is 3.13. The molecular formula is C37H46O10S. The predicted octanol–water partition coefficient (Wildman–Crippen LogP) is 8.08. The summed E-state index contributed by atoms with van der Waals surface area (Å²) >= 11 is 1.05. The number of thiophene rings is 1. The highest BCUT2D eigenvalue weighted by atomic mass is 32.1. The lowest BCUT2D eigenvalue weighted by atomic mass is 9.79. The van der Waals surface area contributed by atoms with Crippen molar-refractivity contribution >= 4 is 34.5 Å². The molecule has 0 aliphatic heterocycles. The largest absolute Gasteiger partial charge is 0.507 e. The molecule has 0 radical (unpaired) electrons. The molecule has 0 amide bonds. The van der Waals surface area contributed by atoms with Gasteiger partial charge in [-0.25, -0.2) is 0 Å². The second kappa shape index (κ2) is 15.2. The number of hydrogen-bond donors (Lipinski definition) is 6. The average Bonchev–Trinajstić information content (AvgIpc) is 3.45. The van der Waals surface area contributed by atoms with Crippen LogP contribution in [0.5, 0.6) is 34.5 Å². The number of phenolic OH excluding ortho intramolecular Hbond substituents is 6. The number of aromatic hydroxyl groups is 6. The van der Waals surface area contributed by atoms with Crippen molar-refractivity contribution in [3.8, 4) is 34.5 Å². The van der Waals surface area contributed by atoms with Crippen molar-refractivity contribution < 1.29 is 49.8 Å². The molecule has 1 heterocycles. The molecule has 0 unspecified atom stereocenters. The van der Waals surface area contributed by atoms with Crippen LogP contribution in [0.2, 0.25) is 0 Å². The fourth-order valence-electron chi connectivity index (χ4n) is 5.84.